The molecule has 0 radical (unpaired) electrons. The predicted molar refractivity (Wildman–Crippen MR) is 66.4 cm³/mol. The molecule has 1 amide bonds. The van der Waals surface area contributed by atoms with Crippen LogP contribution in [0.1, 0.15) is 24.5 Å². The average molecular weight is 241 g/mol. The Morgan fingerprint density at radius 3 is 2.75 bits per heavy atom. The normalized spacial score (nSPS) is 11.5. The number of aromatic nitrogens is 1. The third-order valence-electron chi connectivity index (χ3n) is 2.35. The van der Waals surface area contributed by atoms with Gasteiger partial charge in [-0.15, -0.1) is 11.3 Å². The van der Waals surface area contributed by atoms with Crippen molar-refractivity contribution >= 4 is 17.2 Å². The van der Waals surface area contributed by atoms with Gasteiger partial charge in [-0.2, -0.15) is 0 Å². The van der Waals surface area contributed by atoms with E-state index in [0.29, 0.717) is 6.54 Å². The molecule has 5 heteroatoms. The van der Waals surface area contributed by atoms with Crippen LogP contribution in [0.4, 0.5) is 0 Å². The van der Waals surface area contributed by atoms with Crippen molar-refractivity contribution in [3.63, 3.8) is 0 Å². The van der Waals surface area contributed by atoms with Crippen molar-refractivity contribution in [1.82, 2.24) is 15.6 Å². The molecular weight excluding hydrogens is 222 g/mol. The lowest BCUT2D eigenvalue weighted by molar-refractivity contribution is -0.128. The zero-order chi connectivity index (χ0) is 12.2. The number of carbonyl (C=O) groups is 1. The molecule has 0 fully saturated rings. The van der Waals surface area contributed by atoms with Crippen molar-refractivity contribution in [3.8, 4) is 0 Å². The highest BCUT2D eigenvalue weighted by Gasteiger charge is 2.25. The molecule has 0 aromatic carbocycles. The number of nitrogens with one attached hydrogen (secondary N) is 2. The van der Waals surface area contributed by atoms with Crippen molar-refractivity contribution in [1.29, 1.82) is 0 Å². The Balaban J connectivity index is 2.38. The van der Waals surface area contributed by atoms with E-state index in [1.807, 2.05) is 26.2 Å². The van der Waals surface area contributed by atoms with E-state index in [4.69, 9.17) is 0 Å². The van der Waals surface area contributed by atoms with Crippen LogP contribution in [0.2, 0.25) is 0 Å². The zero-order valence-corrected chi connectivity index (χ0v) is 11.1. The lowest BCUT2D eigenvalue weighted by atomic mass is 9.92. The van der Waals surface area contributed by atoms with Gasteiger partial charge in [0.25, 0.3) is 0 Å². The fourth-order valence-electron chi connectivity index (χ4n) is 1.38. The second kappa shape index (κ2) is 5.41. The summed E-state index contributed by atoms with van der Waals surface area (Å²) in [6, 6.07) is 0. The molecule has 4 nitrogen and oxygen atoms in total. The van der Waals surface area contributed by atoms with Crippen LogP contribution in [0.5, 0.6) is 0 Å². The van der Waals surface area contributed by atoms with Crippen molar-refractivity contribution < 1.29 is 4.79 Å². The number of rotatable bonds is 5. The minimum Gasteiger partial charge on any atom is -0.359 e. The van der Waals surface area contributed by atoms with Crippen LogP contribution >= 0.6 is 11.3 Å². The number of hydrogen-bond donors (Lipinski definition) is 2. The Hall–Kier alpha value is -0.940. The fourth-order valence-corrected chi connectivity index (χ4v) is 2.13. The molecule has 0 atom stereocenters. The summed E-state index contributed by atoms with van der Waals surface area (Å²) in [4.78, 5) is 15.9. The molecule has 90 valence electrons. The molecule has 16 heavy (non-hydrogen) atoms. The van der Waals surface area contributed by atoms with Gasteiger partial charge in [-0.1, -0.05) is 0 Å². The third-order valence-corrected chi connectivity index (χ3v) is 3.32. The molecule has 0 aliphatic carbocycles. The van der Waals surface area contributed by atoms with Gasteiger partial charge in [-0.25, -0.2) is 4.98 Å². The minimum absolute atomic E-state index is 0.0512. The summed E-state index contributed by atoms with van der Waals surface area (Å²) < 4.78 is 0. The lowest BCUT2D eigenvalue weighted by Crippen LogP contribution is -2.41. The van der Waals surface area contributed by atoms with Gasteiger partial charge in [0.2, 0.25) is 5.91 Å². The standard InChI is InChI=1S/C11H19N3OS/c1-8-6-16-9(14-8)5-13-7-11(2,3)10(15)12-4/h6,13H,5,7H2,1-4H3,(H,12,15). The molecular formula is C11H19N3OS. The highest BCUT2D eigenvalue weighted by Crippen LogP contribution is 2.14. The zero-order valence-electron chi connectivity index (χ0n) is 10.3. The van der Waals surface area contributed by atoms with Gasteiger partial charge < -0.3 is 10.6 Å². The predicted octanol–water partition coefficient (Wildman–Crippen LogP) is 1.31. The summed E-state index contributed by atoms with van der Waals surface area (Å²) in [6.07, 6.45) is 0. The van der Waals surface area contributed by atoms with Crippen LogP contribution in [-0.2, 0) is 11.3 Å². The summed E-state index contributed by atoms with van der Waals surface area (Å²) in [5.41, 5.74) is 0.661. The molecule has 1 rings (SSSR count). The summed E-state index contributed by atoms with van der Waals surface area (Å²) >= 11 is 1.64. The summed E-state index contributed by atoms with van der Waals surface area (Å²) in [5, 5.41) is 9.01. The monoisotopic (exact) mass is 241 g/mol. The van der Waals surface area contributed by atoms with Gasteiger partial charge in [-0.05, 0) is 20.8 Å². The van der Waals surface area contributed by atoms with E-state index in [2.05, 4.69) is 15.6 Å². The highest BCUT2D eigenvalue weighted by atomic mass is 32.1. The molecule has 1 heterocycles. The van der Waals surface area contributed by atoms with Crippen LogP contribution < -0.4 is 10.6 Å². The lowest BCUT2D eigenvalue weighted by Gasteiger charge is -2.22. The minimum atomic E-state index is -0.388. The van der Waals surface area contributed by atoms with Crippen LogP contribution in [0.15, 0.2) is 5.38 Å². The maximum Gasteiger partial charge on any atom is 0.226 e. The Bertz CT molecular complexity index is 360. The van der Waals surface area contributed by atoms with Crippen LogP contribution in [0.3, 0.4) is 0 Å². The Morgan fingerprint density at radius 1 is 1.56 bits per heavy atom. The van der Waals surface area contributed by atoms with E-state index < -0.39 is 0 Å². The van der Waals surface area contributed by atoms with E-state index in [1.165, 1.54) is 0 Å². The van der Waals surface area contributed by atoms with Crippen molar-refractivity contribution in [3.05, 3.63) is 16.1 Å². The first-order valence-corrected chi connectivity index (χ1v) is 6.17. The average Bonchev–Trinajstić information content (AvgIpc) is 2.62. The highest BCUT2D eigenvalue weighted by molar-refractivity contribution is 7.09. The van der Waals surface area contributed by atoms with Crippen LogP contribution in [-0.4, -0.2) is 24.5 Å². The molecule has 0 saturated carbocycles. The molecule has 0 bridgehead atoms. The molecule has 1 aromatic heterocycles. The molecule has 0 spiro atoms. The topological polar surface area (TPSA) is 54.0 Å². The largest absolute Gasteiger partial charge is 0.359 e. The van der Waals surface area contributed by atoms with Gasteiger partial charge in [0.1, 0.15) is 5.01 Å². The first-order chi connectivity index (χ1) is 7.45. The van der Waals surface area contributed by atoms with E-state index in [0.717, 1.165) is 17.2 Å². The summed E-state index contributed by atoms with van der Waals surface area (Å²) in [7, 11) is 1.66. The second-order valence-electron chi connectivity index (χ2n) is 4.45. The maximum absolute atomic E-state index is 11.5. The summed E-state index contributed by atoms with van der Waals surface area (Å²) in [6.45, 7) is 7.19. The van der Waals surface area contributed by atoms with E-state index in [9.17, 15) is 4.79 Å². The molecule has 2 N–H and O–H groups in total. The number of aryl methyl sites for hydroxylation is 1. The number of thiazole rings is 1. The van der Waals surface area contributed by atoms with Crippen LogP contribution in [0.25, 0.3) is 0 Å². The fraction of sp³-hybridized carbons (Fsp3) is 0.636. The second-order valence-corrected chi connectivity index (χ2v) is 5.39. The quantitative estimate of drug-likeness (QED) is 0.817. The van der Waals surface area contributed by atoms with Gasteiger partial charge in [0.05, 0.1) is 5.41 Å². The molecule has 0 saturated heterocycles. The first kappa shape index (κ1) is 13.1. The van der Waals surface area contributed by atoms with E-state index in [-0.39, 0.29) is 11.3 Å². The number of carbonyl (C=O) groups excluding carboxylic acids is 1. The molecule has 0 unspecified atom stereocenters. The molecule has 0 aliphatic rings. The van der Waals surface area contributed by atoms with E-state index in [1.54, 1.807) is 18.4 Å². The third kappa shape index (κ3) is 3.57. The van der Waals surface area contributed by atoms with Gasteiger partial charge >= 0.3 is 0 Å². The Labute approximate surface area is 100 Å². The van der Waals surface area contributed by atoms with Gasteiger partial charge in [-0.3, -0.25) is 4.79 Å². The van der Waals surface area contributed by atoms with Crippen LogP contribution in [0, 0.1) is 12.3 Å². The van der Waals surface area contributed by atoms with Crippen molar-refractivity contribution in [2.75, 3.05) is 13.6 Å². The number of amides is 1. The number of hydrogen-bond acceptors (Lipinski definition) is 4. The van der Waals surface area contributed by atoms with E-state index >= 15 is 0 Å². The molecule has 1 aromatic rings. The van der Waals surface area contributed by atoms with Crippen molar-refractivity contribution in [2.24, 2.45) is 5.41 Å². The Kier molecular flexibility index (Phi) is 4.44. The summed E-state index contributed by atoms with van der Waals surface area (Å²) in [5.74, 6) is 0.0512. The number of nitrogens with zero attached hydrogens (tertiary/aromatic N) is 1. The first-order valence-electron chi connectivity index (χ1n) is 5.29. The maximum atomic E-state index is 11.5. The van der Waals surface area contributed by atoms with Gasteiger partial charge in [0, 0.05) is 31.2 Å². The smallest absolute Gasteiger partial charge is 0.226 e. The SMILES string of the molecule is CNC(=O)C(C)(C)CNCc1nc(C)cs1. The Morgan fingerprint density at radius 2 is 2.25 bits per heavy atom. The molecule has 0 aliphatic heterocycles. The van der Waals surface area contributed by atoms with Crippen molar-refractivity contribution in [2.45, 2.75) is 27.3 Å². The van der Waals surface area contributed by atoms with Gasteiger partial charge in [0.15, 0.2) is 0 Å².